The number of nitrogens with two attached hydrogens (primary N) is 1. The fraction of sp³-hybridized carbons (Fsp3) is 0.917. The maximum Gasteiger partial charge on any atom is 0.206 e. The van der Waals surface area contributed by atoms with Crippen molar-refractivity contribution in [2.24, 2.45) is 16.8 Å². The number of hydrogen-bond donors (Lipinski definition) is 3. The molecule has 0 amide bonds. The molecule has 1 unspecified atom stereocenters. The number of nitrogens with zero attached hydrogens (tertiary/aromatic N) is 1. The first-order chi connectivity index (χ1) is 7.79. The van der Waals surface area contributed by atoms with Crippen LogP contribution in [0.25, 0.3) is 0 Å². The molecule has 0 aromatic heterocycles. The van der Waals surface area contributed by atoms with Gasteiger partial charge in [0, 0.05) is 6.04 Å². The fourth-order valence-corrected chi connectivity index (χ4v) is 2.47. The molecule has 2 saturated carbocycles. The summed E-state index contributed by atoms with van der Waals surface area (Å²) in [6, 6.07) is 0.992. The number of aliphatic imine (C=N–C) groups is 1. The zero-order chi connectivity index (χ0) is 11.4. The van der Waals surface area contributed by atoms with Crippen molar-refractivity contribution in [2.45, 2.75) is 64.0 Å². The van der Waals surface area contributed by atoms with Crippen molar-refractivity contribution in [3.05, 3.63) is 0 Å². The number of hydrazine groups is 1. The third-order valence-electron chi connectivity index (χ3n) is 3.72. The minimum Gasteiger partial charge on any atom is -0.353 e. The van der Waals surface area contributed by atoms with E-state index in [-0.39, 0.29) is 0 Å². The highest BCUT2D eigenvalue weighted by Crippen LogP contribution is 2.26. The summed E-state index contributed by atoms with van der Waals surface area (Å²) in [4.78, 5) is 4.51. The summed E-state index contributed by atoms with van der Waals surface area (Å²) < 4.78 is 0. The molecule has 0 spiro atoms. The van der Waals surface area contributed by atoms with E-state index >= 15 is 0 Å². The first-order valence-corrected chi connectivity index (χ1v) is 6.60. The topological polar surface area (TPSA) is 62.4 Å². The maximum atomic E-state index is 5.48. The Morgan fingerprint density at radius 3 is 2.44 bits per heavy atom. The van der Waals surface area contributed by atoms with Gasteiger partial charge in [-0.15, -0.1) is 0 Å². The Hall–Kier alpha value is -0.770. The van der Waals surface area contributed by atoms with E-state index in [4.69, 9.17) is 5.84 Å². The van der Waals surface area contributed by atoms with Crippen LogP contribution in [-0.2, 0) is 0 Å². The molecule has 2 rings (SSSR count). The predicted molar refractivity (Wildman–Crippen MR) is 67.0 cm³/mol. The van der Waals surface area contributed by atoms with Gasteiger partial charge < -0.3 is 5.32 Å². The molecule has 0 heterocycles. The summed E-state index contributed by atoms with van der Waals surface area (Å²) in [6.45, 7) is 2.25. The molecule has 2 aliphatic rings. The van der Waals surface area contributed by atoms with Gasteiger partial charge in [-0.05, 0) is 38.5 Å². The molecule has 4 nitrogen and oxygen atoms in total. The van der Waals surface area contributed by atoms with E-state index in [0.717, 1.165) is 11.9 Å². The van der Waals surface area contributed by atoms with Crippen LogP contribution in [-0.4, -0.2) is 18.0 Å². The highest BCUT2D eigenvalue weighted by Gasteiger charge is 2.23. The molecule has 1 atom stereocenters. The summed E-state index contributed by atoms with van der Waals surface area (Å²) >= 11 is 0. The standard InChI is InChI=1S/C12H24N4/c1-9(10-5-3-2-4-6-10)14-12(16-13)15-11-7-8-11/h9-11H,2-8,13H2,1H3,(H2,14,15,16). The monoisotopic (exact) mass is 224 g/mol. The van der Waals surface area contributed by atoms with Gasteiger partial charge in [0.2, 0.25) is 5.96 Å². The van der Waals surface area contributed by atoms with Crippen LogP contribution in [0.5, 0.6) is 0 Å². The Bertz CT molecular complexity index is 241. The lowest BCUT2D eigenvalue weighted by Gasteiger charge is -2.29. The number of rotatable bonds is 3. The van der Waals surface area contributed by atoms with Crippen molar-refractivity contribution >= 4 is 5.96 Å². The molecule has 4 heteroatoms. The van der Waals surface area contributed by atoms with E-state index in [0.29, 0.717) is 12.1 Å². The molecular weight excluding hydrogens is 200 g/mol. The Labute approximate surface area is 98.0 Å². The van der Waals surface area contributed by atoms with Gasteiger partial charge in [0.25, 0.3) is 0 Å². The third kappa shape index (κ3) is 3.37. The first-order valence-electron chi connectivity index (χ1n) is 6.60. The van der Waals surface area contributed by atoms with Gasteiger partial charge in [-0.3, -0.25) is 5.43 Å². The largest absolute Gasteiger partial charge is 0.353 e. The zero-order valence-corrected chi connectivity index (χ0v) is 10.2. The normalized spacial score (nSPS) is 25.2. The Balaban J connectivity index is 1.81. The van der Waals surface area contributed by atoms with E-state index in [2.05, 4.69) is 22.7 Å². The molecule has 16 heavy (non-hydrogen) atoms. The SMILES string of the molecule is CC(NC(=NC1CC1)NN)C1CCCCC1. The average Bonchev–Trinajstić information content (AvgIpc) is 3.13. The van der Waals surface area contributed by atoms with Crippen LogP contribution >= 0.6 is 0 Å². The molecule has 0 aromatic rings. The van der Waals surface area contributed by atoms with Gasteiger partial charge in [-0.25, -0.2) is 10.8 Å². The van der Waals surface area contributed by atoms with E-state index in [1.54, 1.807) is 0 Å². The van der Waals surface area contributed by atoms with E-state index in [9.17, 15) is 0 Å². The van der Waals surface area contributed by atoms with Gasteiger partial charge in [-0.1, -0.05) is 19.3 Å². The van der Waals surface area contributed by atoms with Gasteiger partial charge in [-0.2, -0.15) is 0 Å². The van der Waals surface area contributed by atoms with E-state index < -0.39 is 0 Å². The lowest BCUT2D eigenvalue weighted by molar-refractivity contribution is 0.300. The zero-order valence-electron chi connectivity index (χ0n) is 10.2. The van der Waals surface area contributed by atoms with Gasteiger partial charge in [0.05, 0.1) is 6.04 Å². The fourth-order valence-electron chi connectivity index (χ4n) is 2.47. The molecule has 0 saturated heterocycles. The van der Waals surface area contributed by atoms with Crippen LogP contribution in [0, 0.1) is 5.92 Å². The Kier molecular flexibility index (Phi) is 4.04. The second kappa shape index (κ2) is 5.53. The highest BCUT2D eigenvalue weighted by atomic mass is 15.3. The van der Waals surface area contributed by atoms with Crippen LogP contribution < -0.4 is 16.6 Å². The van der Waals surface area contributed by atoms with Crippen LogP contribution in [0.4, 0.5) is 0 Å². The first kappa shape index (κ1) is 11.7. The molecule has 0 radical (unpaired) electrons. The molecule has 0 bridgehead atoms. The van der Waals surface area contributed by atoms with Crippen LogP contribution in [0.1, 0.15) is 51.9 Å². The minimum absolute atomic E-state index is 0.480. The van der Waals surface area contributed by atoms with E-state index in [1.807, 2.05) is 0 Å². The molecule has 0 aromatic carbocycles. The smallest absolute Gasteiger partial charge is 0.206 e. The quantitative estimate of drug-likeness (QED) is 0.295. The van der Waals surface area contributed by atoms with Crippen LogP contribution in [0.3, 0.4) is 0 Å². The van der Waals surface area contributed by atoms with Crippen molar-refractivity contribution in [3.8, 4) is 0 Å². The maximum absolute atomic E-state index is 5.48. The molecule has 2 aliphatic carbocycles. The van der Waals surface area contributed by atoms with Crippen molar-refractivity contribution in [3.63, 3.8) is 0 Å². The molecule has 0 aliphatic heterocycles. The minimum atomic E-state index is 0.480. The Morgan fingerprint density at radius 2 is 1.88 bits per heavy atom. The molecule has 92 valence electrons. The van der Waals surface area contributed by atoms with Gasteiger partial charge in [0.1, 0.15) is 0 Å². The van der Waals surface area contributed by atoms with Gasteiger partial charge in [0.15, 0.2) is 0 Å². The highest BCUT2D eigenvalue weighted by molar-refractivity contribution is 5.79. The van der Waals surface area contributed by atoms with Crippen molar-refractivity contribution in [2.75, 3.05) is 0 Å². The molecule has 2 fully saturated rings. The average molecular weight is 224 g/mol. The van der Waals surface area contributed by atoms with Crippen molar-refractivity contribution in [1.82, 2.24) is 10.7 Å². The predicted octanol–water partition coefficient (Wildman–Crippen LogP) is 1.53. The van der Waals surface area contributed by atoms with Crippen LogP contribution in [0.15, 0.2) is 4.99 Å². The molecule has 4 N–H and O–H groups in total. The second-order valence-corrected chi connectivity index (χ2v) is 5.18. The summed E-state index contributed by atoms with van der Waals surface area (Å²) in [5, 5.41) is 3.42. The van der Waals surface area contributed by atoms with Crippen molar-refractivity contribution in [1.29, 1.82) is 0 Å². The number of hydrogen-bond acceptors (Lipinski definition) is 2. The van der Waals surface area contributed by atoms with Crippen molar-refractivity contribution < 1.29 is 0 Å². The summed E-state index contributed by atoms with van der Waals surface area (Å²) in [5.74, 6) is 7.05. The summed E-state index contributed by atoms with van der Waals surface area (Å²) in [5.41, 5.74) is 2.68. The Morgan fingerprint density at radius 1 is 1.19 bits per heavy atom. The lowest BCUT2D eigenvalue weighted by atomic mass is 9.85. The van der Waals surface area contributed by atoms with E-state index in [1.165, 1.54) is 44.9 Å². The summed E-state index contributed by atoms with van der Waals surface area (Å²) in [6.07, 6.45) is 9.27. The lowest BCUT2D eigenvalue weighted by Crippen LogP contribution is -2.48. The number of guanidine groups is 1. The second-order valence-electron chi connectivity index (χ2n) is 5.18. The summed E-state index contributed by atoms with van der Waals surface area (Å²) in [7, 11) is 0. The molecular formula is C12H24N4. The van der Waals surface area contributed by atoms with Gasteiger partial charge >= 0.3 is 0 Å². The number of nitrogens with one attached hydrogen (secondary N) is 2. The third-order valence-corrected chi connectivity index (χ3v) is 3.72. The van der Waals surface area contributed by atoms with Crippen LogP contribution in [0.2, 0.25) is 0 Å².